The first-order valence-corrected chi connectivity index (χ1v) is 9.08. The van der Waals surface area contributed by atoms with Crippen LogP contribution in [0.4, 0.5) is 5.69 Å². The number of halogens is 1. The van der Waals surface area contributed by atoms with Crippen molar-refractivity contribution in [2.75, 3.05) is 5.32 Å². The summed E-state index contributed by atoms with van der Waals surface area (Å²) in [5.74, 6) is 0. The van der Waals surface area contributed by atoms with Crippen LogP contribution in [0.5, 0.6) is 0 Å². The van der Waals surface area contributed by atoms with Crippen molar-refractivity contribution in [3.05, 3.63) is 69.5 Å². The lowest BCUT2D eigenvalue weighted by molar-refractivity contribution is 0.926. The van der Waals surface area contributed by atoms with Gasteiger partial charge in [0.2, 0.25) is 0 Å². The number of hydrogen-bond acceptors (Lipinski definition) is 3. The van der Waals surface area contributed by atoms with Gasteiger partial charge < -0.3 is 10.6 Å². The van der Waals surface area contributed by atoms with Gasteiger partial charge in [-0.1, -0.05) is 35.9 Å². The molecule has 3 nitrogen and oxygen atoms in total. The highest BCUT2D eigenvalue weighted by molar-refractivity contribution is 7.80. The van der Waals surface area contributed by atoms with Crippen molar-refractivity contribution in [1.82, 2.24) is 10.3 Å². The zero-order valence-corrected chi connectivity index (χ0v) is 15.4. The molecule has 24 heavy (non-hydrogen) atoms. The summed E-state index contributed by atoms with van der Waals surface area (Å²) in [5, 5.41) is 10.8. The van der Waals surface area contributed by atoms with Crippen LogP contribution < -0.4 is 10.6 Å². The van der Waals surface area contributed by atoms with Gasteiger partial charge in [0.05, 0.1) is 10.7 Å². The Balaban J connectivity index is 1.61. The van der Waals surface area contributed by atoms with Crippen molar-refractivity contribution >= 4 is 46.0 Å². The van der Waals surface area contributed by atoms with Gasteiger partial charge in [-0.2, -0.15) is 0 Å². The number of anilines is 1. The van der Waals surface area contributed by atoms with Crippen molar-refractivity contribution in [3.8, 4) is 11.3 Å². The van der Waals surface area contributed by atoms with Crippen molar-refractivity contribution in [2.45, 2.75) is 13.5 Å². The molecular formula is C18H16ClN3S2. The summed E-state index contributed by atoms with van der Waals surface area (Å²) in [5.41, 5.74) is 4.12. The Labute approximate surface area is 155 Å². The highest BCUT2D eigenvalue weighted by Gasteiger charge is 2.04. The van der Waals surface area contributed by atoms with Crippen LogP contribution >= 0.6 is 35.2 Å². The van der Waals surface area contributed by atoms with Gasteiger partial charge >= 0.3 is 0 Å². The van der Waals surface area contributed by atoms with Crippen LogP contribution in [0.1, 0.15) is 10.6 Å². The highest BCUT2D eigenvalue weighted by atomic mass is 35.5. The molecule has 6 heteroatoms. The molecule has 122 valence electrons. The second kappa shape index (κ2) is 7.75. The zero-order valence-electron chi connectivity index (χ0n) is 13.0. The molecular weight excluding hydrogens is 358 g/mol. The van der Waals surface area contributed by atoms with E-state index in [1.807, 2.05) is 55.5 Å². The fourth-order valence-electron chi connectivity index (χ4n) is 2.21. The molecule has 3 aromatic rings. The number of rotatable bonds is 4. The van der Waals surface area contributed by atoms with Crippen molar-refractivity contribution < 1.29 is 0 Å². The second-order valence-corrected chi connectivity index (χ2v) is 7.17. The summed E-state index contributed by atoms with van der Waals surface area (Å²) in [4.78, 5) is 4.52. The third-order valence-corrected chi connectivity index (χ3v) is 4.67. The van der Waals surface area contributed by atoms with E-state index in [0.29, 0.717) is 11.7 Å². The molecule has 3 rings (SSSR count). The Kier molecular flexibility index (Phi) is 5.45. The van der Waals surface area contributed by atoms with Crippen LogP contribution in [0, 0.1) is 6.92 Å². The van der Waals surface area contributed by atoms with E-state index in [-0.39, 0.29) is 0 Å². The number of benzene rings is 2. The fraction of sp³-hybridized carbons (Fsp3) is 0.111. The molecule has 0 unspecified atom stereocenters. The molecule has 0 amide bonds. The summed E-state index contributed by atoms with van der Waals surface area (Å²) in [6.45, 7) is 2.65. The summed E-state index contributed by atoms with van der Waals surface area (Å²) in [6, 6.07) is 15.8. The van der Waals surface area contributed by atoms with Gasteiger partial charge in [0.25, 0.3) is 0 Å². The van der Waals surface area contributed by atoms with Gasteiger partial charge in [0, 0.05) is 28.2 Å². The molecule has 0 aliphatic heterocycles. The van der Waals surface area contributed by atoms with E-state index in [2.05, 4.69) is 21.0 Å². The van der Waals surface area contributed by atoms with E-state index in [9.17, 15) is 0 Å². The van der Waals surface area contributed by atoms with E-state index in [1.165, 1.54) is 0 Å². The quantitative estimate of drug-likeness (QED) is 0.612. The van der Waals surface area contributed by atoms with Crippen LogP contribution in [-0.2, 0) is 6.54 Å². The minimum atomic E-state index is 0.580. The molecule has 2 N–H and O–H groups in total. The first kappa shape index (κ1) is 16.9. The first-order valence-electron chi connectivity index (χ1n) is 7.42. The SMILES string of the molecule is Cc1nc(-c2cccc(NC(=S)NCc3ccc(Cl)cc3)c2)cs1. The van der Waals surface area contributed by atoms with Crippen LogP contribution in [0.15, 0.2) is 53.9 Å². The molecule has 0 saturated heterocycles. The molecule has 0 saturated carbocycles. The number of nitrogens with one attached hydrogen (secondary N) is 2. The van der Waals surface area contributed by atoms with Crippen molar-refractivity contribution in [2.24, 2.45) is 0 Å². The maximum atomic E-state index is 5.89. The molecule has 0 bridgehead atoms. The molecule has 0 fully saturated rings. The van der Waals surface area contributed by atoms with Gasteiger partial charge in [0.15, 0.2) is 5.11 Å². The van der Waals surface area contributed by atoms with E-state index in [0.717, 1.165) is 32.5 Å². The van der Waals surface area contributed by atoms with Crippen LogP contribution in [0.25, 0.3) is 11.3 Å². The van der Waals surface area contributed by atoms with Gasteiger partial charge in [0.1, 0.15) is 0 Å². The molecule has 1 aromatic heterocycles. The van der Waals surface area contributed by atoms with E-state index < -0.39 is 0 Å². The van der Waals surface area contributed by atoms with Gasteiger partial charge in [-0.25, -0.2) is 4.98 Å². The minimum Gasteiger partial charge on any atom is -0.358 e. The summed E-state index contributed by atoms with van der Waals surface area (Å²) >= 11 is 12.9. The topological polar surface area (TPSA) is 37.0 Å². The largest absolute Gasteiger partial charge is 0.358 e. The Morgan fingerprint density at radius 2 is 2.00 bits per heavy atom. The van der Waals surface area contributed by atoms with Gasteiger partial charge in [-0.15, -0.1) is 11.3 Å². The number of thiazole rings is 1. The fourth-order valence-corrected chi connectivity index (χ4v) is 3.15. The summed E-state index contributed by atoms with van der Waals surface area (Å²) < 4.78 is 0. The van der Waals surface area contributed by atoms with Crippen molar-refractivity contribution in [1.29, 1.82) is 0 Å². The lowest BCUT2D eigenvalue weighted by Gasteiger charge is -2.11. The van der Waals surface area contributed by atoms with E-state index in [1.54, 1.807) is 11.3 Å². The molecule has 0 spiro atoms. The van der Waals surface area contributed by atoms with Crippen molar-refractivity contribution in [3.63, 3.8) is 0 Å². The predicted octanol–water partition coefficient (Wildman–Crippen LogP) is 5.26. The average Bonchev–Trinajstić information content (AvgIpc) is 3.01. The third-order valence-electron chi connectivity index (χ3n) is 3.40. The second-order valence-electron chi connectivity index (χ2n) is 5.27. The lowest BCUT2D eigenvalue weighted by atomic mass is 10.1. The summed E-state index contributed by atoms with van der Waals surface area (Å²) in [7, 11) is 0. The number of aromatic nitrogens is 1. The third kappa shape index (κ3) is 4.54. The number of aryl methyl sites for hydroxylation is 1. The molecule has 0 aliphatic rings. The monoisotopic (exact) mass is 373 g/mol. The average molecular weight is 374 g/mol. The molecule has 2 aromatic carbocycles. The molecule has 1 heterocycles. The van der Waals surface area contributed by atoms with Gasteiger partial charge in [-0.3, -0.25) is 0 Å². The van der Waals surface area contributed by atoms with E-state index in [4.69, 9.17) is 23.8 Å². The number of hydrogen-bond donors (Lipinski definition) is 2. The molecule has 0 aliphatic carbocycles. The Morgan fingerprint density at radius 3 is 2.71 bits per heavy atom. The lowest BCUT2D eigenvalue weighted by Crippen LogP contribution is -2.27. The smallest absolute Gasteiger partial charge is 0.171 e. The first-order chi connectivity index (χ1) is 11.6. The Morgan fingerprint density at radius 1 is 1.21 bits per heavy atom. The van der Waals surface area contributed by atoms with Gasteiger partial charge in [-0.05, 0) is 49.0 Å². The molecule has 0 atom stereocenters. The van der Waals surface area contributed by atoms with Crippen LogP contribution in [-0.4, -0.2) is 10.1 Å². The standard InChI is InChI=1S/C18H16ClN3S2/c1-12-21-17(11-24-12)14-3-2-4-16(9-14)22-18(23)20-10-13-5-7-15(19)8-6-13/h2-9,11H,10H2,1H3,(H2,20,22,23). The van der Waals surface area contributed by atoms with Crippen LogP contribution in [0.2, 0.25) is 5.02 Å². The summed E-state index contributed by atoms with van der Waals surface area (Å²) in [6.07, 6.45) is 0. The number of nitrogens with zero attached hydrogens (tertiary/aromatic N) is 1. The maximum absolute atomic E-state index is 5.89. The normalized spacial score (nSPS) is 10.4. The molecule has 0 radical (unpaired) electrons. The Bertz CT molecular complexity index is 843. The zero-order chi connectivity index (χ0) is 16.9. The highest BCUT2D eigenvalue weighted by Crippen LogP contribution is 2.24. The van der Waals surface area contributed by atoms with E-state index >= 15 is 0 Å². The minimum absolute atomic E-state index is 0.580. The Hall–Kier alpha value is -1.95. The predicted molar refractivity (Wildman–Crippen MR) is 107 cm³/mol. The number of thiocarbonyl (C=S) groups is 1. The maximum Gasteiger partial charge on any atom is 0.171 e. The van der Waals surface area contributed by atoms with Crippen LogP contribution in [0.3, 0.4) is 0 Å².